The van der Waals surface area contributed by atoms with Crippen molar-refractivity contribution < 1.29 is 33.1 Å². The Morgan fingerprint density at radius 3 is 2.36 bits per heavy atom. The number of hydrogen-bond acceptors (Lipinski definition) is 6. The second-order valence-electron chi connectivity index (χ2n) is 7.90. The molecule has 1 unspecified atom stereocenters. The Kier molecular flexibility index (Phi) is 4.36. The number of nitrogens with zero attached hydrogens (tertiary/aromatic N) is 2. The number of carbonyl (C=O) groups is 5. The number of halogens is 1. The van der Waals surface area contributed by atoms with Gasteiger partial charge < -0.3 is 4.74 Å². The van der Waals surface area contributed by atoms with Crippen molar-refractivity contribution in [2.45, 2.75) is 51.7 Å². The molecule has 28 heavy (non-hydrogen) atoms. The van der Waals surface area contributed by atoms with Crippen LogP contribution in [0.25, 0.3) is 0 Å². The van der Waals surface area contributed by atoms with Crippen molar-refractivity contribution in [2.75, 3.05) is 0 Å². The summed E-state index contributed by atoms with van der Waals surface area (Å²) in [6, 6.07) is 3.60. The highest BCUT2D eigenvalue weighted by atomic mass is 19.1. The van der Waals surface area contributed by atoms with E-state index in [-0.39, 0.29) is 18.4 Å². The summed E-state index contributed by atoms with van der Waals surface area (Å²) in [5.41, 5.74) is -3.39. The fourth-order valence-corrected chi connectivity index (χ4v) is 3.32. The van der Waals surface area contributed by atoms with Gasteiger partial charge in [-0.2, -0.15) is 4.90 Å². The van der Waals surface area contributed by atoms with E-state index in [0.29, 0.717) is 9.80 Å². The number of ether oxygens (including phenoxy) is 1. The molecular weight excluding hydrogens is 371 g/mol. The van der Waals surface area contributed by atoms with Gasteiger partial charge in [-0.05, 0) is 46.2 Å². The minimum atomic E-state index is -1.83. The molecule has 5 amide bonds. The number of amides is 5. The molecule has 9 heteroatoms. The molecule has 2 aliphatic rings. The van der Waals surface area contributed by atoms with Crippen LogP contribution in [0.3, 0.4) is 0 Å². The number of benzene rings is 1. The Bertz CT molecular complexity index is 935. The van der Waals surface area contributed by atoms with E-state index in [1.807, 2.05) is 0 Å². The fourth-order valence-electron chi connectivity index (χ4n) is 3.32. The Morgan fingerprint density at radius 2 is 1.79 bits per heavy atom. The largest absolute Gasteiger partial charge is 0.443 e. The zero-order valence-electron chi connectivity index (χ0n) is 15.9. The summed E-state index contributed by atoms with van der Waals surface area (Å²) < 4.78 is 19.2. The summed E-state index contributed by atoms with van der Waals surface area (Å²) in [5.74, 6) is -4.57. The Hall–Kier alpha value is -3.10. The van der Waals surface area contributed by atoms with E-state index in [0.717, 1.165) is 6.07 Å². The molecule has 1 saturated heterocycles. The van der Waals surface area contributed by atoms with Crippen LogP contribution in [0.4, 0.5) is 9.18 Å². The number of carbonyl (C=O) groups excluding carboxylic acids is 5. The van der Waals surface area contributed by atoms with Gasteiger partial charge in [0.2, 0.25) is 5.91 Å². The summed E-state index contributed by atoms with van der Waals surface area (Å²) >= 11 is 0. The molecule has 0 saturated carbocycles. The summed E-state index contributed by atoms with van der Waals surface area (Å²) in [5, 5.41) is 0. The number of rotatable bonds is 1. The third-order valence-electron chi connectivity index (χ3n) is 4.67. The van der Waals surface area contributed by atoms with Crippen LogP contribution in [-0.4, -0.2) is 50.7 Å². The van der Waals surface area contributed by atoms with Crippen molar-refractivity contribution in [2.24, 2.45) is 0 Å². The van der Waals surface area contributed by atoms with E-state index in [1.54, 1.807) is 20.8 Å². The lowest BCUT2D eigenvalue weighted by molar-refractivity contribution is -0.154. The molecule has 2 heterocycles. The number of hydrogen-bond donors (Lipinski definition) is 0. The van der Waals surface area contributed by atoms with Crippen molar-refractivity contribution in [1.29, 1.82) is 0 Å². The quantitative estimate of drug-likeness (QED) is 0.682. The van der Waals surface area contributed by atoms with Crippen LogP contribution >= 0.6 is 0 Å². The molecule has 148 valence electrons. The Balaban J connectivity index is 2.00. The minimum Gasteiger partial charge on any atom is -0.443 e. The molecule has 0 spiro atoms. The average Bonchev–Trinajstić information content (AvgIpc) is 2.83. The molecule has 0 bridgehead atoms. The molecule has 1 fully saturated rings. The zero-order chi connectivity index (χ0) is 21.0. The van der Waals surface area contributed by atoms with E-state index in [4.69, 9.17) is 4.74 Å². The Morgan fingerprint density at radius 1 is 1.14 bits per heavy atom. The zero-order valence-corrected chi connectivity index (χ0v) is 15.9. The lowest BCUT2D eigenvalue weighted by atomic mass is 9.87. The molecule has 0 N–H and O–H groups in total. The number of fused-ring (bicyclic) bond motifs is 1. The fraction of sp³-hybridized carbons (Fsp3) is 0.421. The van der Waals surface area contributed by atoms with Crippen LogP contribution < -0.4 is 0 Å². The van der Waals surface area contributed by atoms with Crippen LogP contribution in [-0.2, 0) is 14.3 Å². The van der Waals surface area contributed by atoms with Gasteiger partial charge in [0.25, 0.3) is 17.7 Å². The first-order valence-corrected chi connectivity index (χ1v) is 8.66. The van der Waals surface area contributed by atoms with Crippen molar-refractivity contribution >= 4 is 29.7 Å². The number of imide groups is 4. The molecule has 8 nitrogen and oxygen atoms in total. The van der Waals surface area contributed by atoms with E-state index in [9.17, 15) is 28.4 Å². The topological polar surface area (TPSA) is 101 Å². The average molecular weight is 390 g/mol. The van der Waals surface area contributed by atoms with Gasteiger partial charge in [-0.25, -0.2) is 9.18 Å². The molecule has 0 aromatic heterocycles. The van der Waals surface area contributed by atoms with Gasteiger partial charge in [-0.3, -0.25) is 24.1 Å². The van der Waals surface area contributed by atoms with Crippen molar-refractivity contribution in [1.82, 2.24) is 9.80 Å². The van der Waals surface area contributed by atoms with E-state index in [2.05, 4.69) is 0 Å². The van der Waals surface area contributed by atoms with Gasteiger partial charge in [-0.15, -0.1) is 0 Å². The summed E-state index contributed by atoms with van der Waals surface area (Å²) in [6.07, 6.45) is -1.63. The highest BCUT2D eigenvalue weighted by Crippen LogP contribution is 2.37. The van der Waals surface area contributed by atoms with Crippen molar-refractivity contribution in [3.8, 4) is 0 Å². The minimum absolute atomic E-state index is 0.167. The molecule has 2 aliphatic heterocycles. The summed E-state index contributed by atoms with van der Waals surface area (Å²) in [7, 11) is 0. The van der Waals surface area contributed by atoms with Gasteiger partial charge in [0, 0.05) is 6.42 Å². The standard InChI is InChI=1S/C19H19FN2O6/c1-18(2,3)28-17(27)21-12(23)8-9-19(4,16(21)26)22-14(24)10-6-5-7-11(20)13(10)15(22)25/h5-7H,8-9H2,1-4H3. The van der Waals surface area contributed by atoms with Gasteiger partial charge in [0.15, 0.2) is 0 Å². The summed E-state index contributed by atoms with van der Waals surface area (Å²) in [6.45, 7) is 5.97. The predicted molar refractivity (Wildman–Crippen MR) is 92.6 cm³/mol. The van der Waals surface area contributed by atoms with Crippen molar-refractivity contribution in [3.05, 3.63) is 35.1 Å². The molecule has 1 aromatic rings. The maximum absolute atomic E-state index is 14.1. The number of piperidine rings is 1. The number of likely N-dealkylation sites (tertiary alicyclic amines) is 1. The third-order valence-corrected chi connectivity index (χ3v) is 4.67. The molecule has 1 atom stereocenters. The van der Waals surface area contributed by atoms with Crippen LogP contribution in [0, 0.1) is 5.82 Å². The second-order valence-corrected chi connectivity index (χ2v) is 7.90. The second kappa shape index (κ2) is 6.22. The van der Waals surface area contributed by atoms with Gasteiger partial charge >= 0.3 is 6.09 Å². The van der Waals surface area contributed by atoms with E-state index in [1.165, 1.54) is 19.1 Å². The van der Waals surface area contributed by atoms with E-state index >= 15 is 0 Å². The van der Waals surface area contributed by atoms with Crippen LogP contribution in [0.5, 0.6) is 0 Å². The predicted octanol–water partition coefficient (Wildman–Crippen LogP) is 2.26. The normalized spacial score (nSPS) is 22.6. The lowest BCUT2D eigenvalue weighted by Crippen LogP contribution is -2.65. The van der Waals surface area contributed by atoms with Gasteiger partial charge in [0.05, 0.1) is 11.1 Å². The monoisotopic (exact) mass is 390 g/mol. The third kappa shape index (κ3) is 2.87. The maximum Gasteiger partial charge on any atom is 0.424 e. The lowest BCUT2D eigenvalue weighted by Gasteiger charge is -2.41. The first-order chi connectivity index (χ1) is 12.9. The van der Waals surface area contributed by atoms with Crippen LogP contribution in [0.1, 0.15) is 61.3 Å². The van der Waals surface area contributed by atoms with Gasteiger partial charge in [0.1, 0.15) is 17.0 Å². The molecule has 3 rings (SSSR count). The summed E-state index contributed by atoms with van der Waals surface area (Å²) in [4.78, 5) is 64.1. The molecule has 1 aromatic carbocycles. The maximum atomic E-state index is 14.1. The molecule has 0 radical (unpaired) electrons. The van der Waals surface area contributed by atoms with E-state index < -0.39 is 52.2 Å². The molecular formula is C19H19FN2O6. The first kappa shape index (κ1) is 19.7. The molecule has 0 aliphatic carbocycles. The van der Waals surface area contributed by atoms with Crippen LogP contribution in [0.2, 0.25) is 0 Å². The Labute approximate surface area is 160 Å². The first-order valence-electron chi connectivity index (χ1n) is 8.66. The van der Waals surface area contributed by atoms with Gasteiger partial charge in [-0.1, -0.05) is 6.07 Å². The SMILES string of the molecule is CC(C)(C)OC(=O)N1C(=O)CCC(C)(N2C(=O)c3cccc(F)c3C2=O)C1=O. The van der Waals surface area contributed by atoms with Crippen molar-refractivity contribution in [3.63, 3.8) is 0 Å². The highest BCUT2D eigenvalue weighted by molar-refractivity contribution is 6.25. The smallest absolute Gasteiger partial charge is 0.424 e. The highest BCUT2D eigenvalue weighted by Gasteiger charge is 2.57. The van der Waals surface area contributed by atoms with Crippen LogP contribution in [0.15, 0.2) is 18.2 Å².